The number of aryl methyl sites for hydroxylation is 1. The summed E-state index contributed by atoms with van der Waals surface area (Å²) in [5.74, 6) is 0. The second-order valence-electron chi connectivity index (χ2n) is 18.3. The van der Waals surface area contributed by atoms with Crippen LogP contribution in [0.1, 0.15) is 102 Å². The summed E-state index contributed by atoms with van der Waals surface area (Å²) in [5.41, 5.74) is 18.8. The molecule has 1 aliphatic heterocycles. The van der Waals surface area contributed by atoms with Gasteiger partial charge in [-0.15, -0.1) is 11.3 Å². The molecule has 1 atom stereocenters. The fraction of sp³-hybridized carbons (Fsp3) is 0.259. The molecule has 0 N–H and O–H groups in total. The van der Waals surface area contributed by atoms with Gasteiger partial charge in [-0.1, -0.05) is 144 Å². The van der Waals surface area contributed by atoms with Crippen molar-refractivity contribution in [2.45, 2.75) is 96.9 Å². The number of nitrogens with zero attached hydrogens (tertiary/aromatic N) is 2. The van der Waals surface area contributed by atoms with Gasteiger partial charge in [0.25, 0.3) is 5.01 Å². The topological polar surface area (TPSA) is 8.81 Å². The zero-order valence-corrected chi connectivity index (χ0v) is 38.5. The molecule has 11 rings (SSSR count). The molecule has 2 nitrogen and oxygen atoms in total. The highest BCUT2D eigenvalue weighted by Crippen LogP contribution is 2.53. The Hall–Kier alpha value is -5.55. The maximum Gasteiger partial charge on any atom is 0.270 e. The third-order valence-electron chi connectivity index (χ3n) is 14.9. The van der Waals surface area contributed by atoms with Crippen molar-refractivity contribution in [3.8, 4) is 59.4 Å². The van der Waals surface area contributed by atoms with Crippen LogP contribution in [-0.4, -0.2) is 4.57 Å². The van der Waals surface area contributed by atoms with Gasteiger partial charge in [-0.25, -0.2) is 0 Å². The Morgan fingerprint density at radius 1 is 0.597 bits per heavy atom. The van der Waals surface area contributed by atoms with Gasteiger partial charge >= 0.3 is 0 Å². The molecule has 0 saturated heterocycles. The largest absolute Gasteiger partial charge is 0.309 e. The minimum Gasteiger partial charge on any atom is -0.309 e. The van der Waals surface area contributed by atoms with Crippen LogP contribution in [0.15, 0.2) is 145 Å². The van der Waals surface area contributed by atoms with E-state index in [4.69, 9.17) is 0 Å². The Labute approximate surface area is 375 Å². The van der Waals surface area contributed by atoms with Crippen molar-refractivity contribution in [2.24, 2.45) is 0 Å². The van der Waals surface area contributed by atoms with E-state index in [0.29, 0.717) is 6.04 Å². The lowest BCUT2D eigenvalue weighted by molar-refractivity contribution is -0.721. The first kappa shape index (κ1) is 39.3. The molecular weight excluding hydrogens is 789 g/mol. The first-order valence-electron chi connectivity index (χ1n) is 22.9. The summed E-state index contributed by atoms with van der Waals surface area (Å²) in [4.78, 5) is 2.66. The van der Waals surface area contributed by atoms with Gasteiger partial charge in [-0.2, -0.15) is 4.57 Å². The van der Waals surface area contributed by atoms with Gasteiger partial charge in [0, 0.05) is 33.2 Å². The van der Waals surface area contributed by atoms with Crippen molar-refractivity contribution in [3.05, 3.63) is 167 Å². The lowest BCUT2D eigenvalue weighted by Gasteiger charge is -2.40. The second-order valence-corrected chi connectivity index (χ2v) is 20.3. The Morgan fingerprint density at radius 2 is 1.35 bits per heavy atom. The van der Waals surface area contributed by atoms with E-state index < -0.39 is 0 Å². The maximum atomic E-state index is 2.65. The molecular formula is C58H55N2S2+. The van der Waals surface area contributed by atoms with Gasteiger partial charge < -0.3 is 4.57 Å². The molecule has 1 aliphatic carbocycles. The van der Waals surface area contributed by atoms with Crippen LogP contribution in [0.25, 0.3) is 81.2 Å². The molecule has 0 fully saturated rings. The summed E-state index contributed by atoms with van der Waals surface area (Å²) < 4.78 is 5.16. The van der Waals surface area contributed by atoms with Crippen molar-refractivity contribution in [2.75, 3.05) is 0 Å². The molecule has 6 aromatic carbocycles. The van der Waals surface area contributed by atoms with Crippen LogP contribution < -0.4 is 4.57 Å². The number of aromatic nitrogens is 2. The number of unbranched alkanes of at least 4 members (excludes halogenated alkanes) is 1. The van der Waals surface area contributed by atoms with E-state index in [9.17, 15) is 0 Å². The summed E-state index contributed by atoms with van der Waals surface area (Å²) in [7, 11) is 0. The predicted octanol–water partition coefficient (Wildman–Crippen LogP) is 16.5. The van der Waals surface area contributed by atoms with Crippen LogP contribution in [0.2, 0.25) is 0 Å². The van der Waals surface area contributed by atoms with Crippen molar-refractivity contribution >= 4 is 44.5 Å². The molecule has 62 heavy (non-hydrogen) atoms. The quantitative estimate of drug-likeness (QED) is 0.121. The smallest absolute Gasteiger partial charge is 0.270 e. The van der Waals surface area contributed by atoms with E-state index in [2.05, 4.69) is 196 Å². The van der Waals surface area contributed by atoms with E-state index in [1.54, 1.807) is 0 Å². The van der Waals surface area contributed by atoms with Crippen molar-refractivity contribution in [1.29, 1.82) is 0 Å². The number of hydrogen-bond acceptors (Lipinski definition) is 2. The zero-order chi connectivity index (χ0) is 42.3. The van der Waals surface area contributed by atoms with Crippen LogP contribution in [0.5, 0.6) is 0 Å². The molecule has 4 heterocycles. The Balaban J connectivity index is 1.03. The van der Waals surface area contributed by atoms with Crippen LogP contribution in [0.4, 0.5) is 0 Å². The number of fused-ring (bicyclic) bond motifs is 9. The monoisotopic (exact) mass is 843 g/mol. The highest BCUT2D eigenvalue weighted by molar-refractivity contribution is 7.18. The van der Waals surface area contributed by atoms with Gasteiger partial charge in [0.05, 0.1) is 22.0 Å². The molecule has 0 spiro atoms. The van der Waals surface area contributed by atoms with E-state index >= 15 is 0 Å². The van der Waals surface area contributed by atoms with Crippen molar-refractivity contribution in [3.63, 3.8) is 0 Å². The third-order valence-corrected chi connectivity index (χ3v) is 17.0. The minimum absolute atomic E-state index is 0.0689. The van der Waals surface area contributed by atoms with E-state index in [0.717, 1.165) is 25.7 Å². The lowest BCUT2D eigenvalue weighted by Crippen LogP contribution is -2.54. The molecule has 9 aromatic rings. The Morgan fingerprint density at radius 3 is 2.13 bits per heavy atom. The van der Waals surface area contributed by atoms with E-state index in [1.165, 1.54) is 116 Å². The third kappa shape index (κ3) is 5.89. The summed E-state index contributed by atoms with van der Waals surface area (Å²) >= 11 is 3.82. The SMILES string of the molecule is CCCCc1ccc(-n2c3ccc(-c4csc(-c5ccc6c(c5)-c5sc(-c7ccccc7)c[n+]5C(CC)C6(CC)CC)c4)cc3c3cc4c(cc32)C(C)(C)c2ccccc2-4)cc1. The predicted molar refractivity (Wildman–Crippen MR) is 266 cm³/mol. The van der Waals surface area contributed by atoms with Gasteiger partial charge in [0.15, 0.2) is 12.2 Å². The Bertz CT molecular complexity index is 3150. The molecule has 2 aliphatic rings. The first-order valence-corrected chi connectivity index (χ1v) is 24.6. The first-order chi connectivity index (χ1) is 30.3. The highest BCUT2D eigenvalue weighted by atomic mass is 32.1. The zero-order valence-electron chi connectivity index (χ0n) is 36.9. The molecule has 4 heteroatoms. The van der Waals surface area contributed by atoms with Crippen LogP contribution in [0, 0.1) is 0 Å². The van der Waals surface area contributed by atoms with Crippen LogP contribution in [0.3, 0.4) is 0 Å². The second kappa shape index (κ2) is 15.1. The van der Waals surface area contributed by atoms with Gasteiger partial charge in [-0.3, -0.25) is 0 Å². The molecule has 0 saturated carbocycles. The molecule has 0 amide bonds. The fourth-order valence-corrected chi connectivity index (χ4v) is 13.6. The molecule has 0 bridgehead atoms. The molecule has 1 unspecified atom stereocenters. The average Bonchev–Trinajstić information content (AvgIpc) is 4.10. The van der Waals surface area contributed by atoms with Crippen molar-refractivity contribution < 1.29 is 4.57 Å². The van der Waals surface area contributed by atoms with Gasteiger partial charge in [0.1, 0.15) is 4.88 Å². The summed E-state index contributed by atoms with van der Waals surface area (Å²) in [6, 6.07) is 51.8. The lowest BCUT2D eigenvalue weighted by atomic mass is 9.66. The van der Waals surface area contributed by atoms with Crippen LogP contribution >= 0.6 is 22.7 Å². The number of thiophene rings is 1. The highest BCUT2D eigenvalue weighted by Gasteiger charge is 2.50. The summed E-state index contributed by atoms with van der Waals surface area (Å²) in [5, 5.41) is 6.37. The number of benzene rings is 6. The standard InChI is InChI=1S/C58H55N2S2/c1-7-11-17-37-22-26-42(27-23-37)60-51-29-25-39(30-45(51)46-33-44-43-20-15-16-21-48(43)57(5,6)50(44)34-52(46)60)41-32-53(61-36-41)40-24-28-49-47(31-40)56-59(55(8-2)58(49,9-3)10-4)35-54(62-56)38-18-13-12-14-19-38/h12-16,18-36,55H,7-11,17H2,1-6H3/q+1. The van der Waals surface area contributed by atoms with Crippen LogP contribution in [-0.2, 0) is 17.3 Å². The maximum absolute atomic E-state index is 2.65. The molecule has 0 radical (unpaired) electrons. The summed E-state index contributed by atoms with van der Waals surface area (Å²) in [6.07, 6.45) is 9.36. The minimum atomic E-state index is -0.0689. The Kier molecular flexibility index (Phi) is 9.55. The number of rotatable bonds is 10. The molecule has 308 valence electrons. The van der Waals surface area contributed by atoms with E-state index in [1.807, 2.05) is 22.7 Å². The van der Waals surface area contributed by atoms with E-state index in [-0.39, 0.29) is 10.8 Å². The summed E-state index contributed by atoms with van der Waals surface area (Å²) in [6.45, 7) is 14.2. The van der Waals surface area contributed by atoms with Crippen molar-refractivity contribution in [1.82, 2.24) is 4.57 Å². The fourth-order valence-electron chi connectivity index (χ4n) is 11.5. The van der Waals surface area contributed by atoms with Gasteiger partial charge in [-0.05, 0) is 135 Å². The molecule has 3 aromatic heterocycles. The average molecular weight is 844 g/mol. The number of hydrogen-bond donors (Lipinski definition) is 0. The normalized spacial score (nSPS) is 15.7. The number of thiazole rings is 1. The van der Waals surface area contributed by atoms with Gasteiger partial charge in [0.2, 0.25) is 0 Å².